The molecule has 1 fully saturated rings. The minimum absolute atomic E-state index is 0.0785. The minimum atomic E-state index is -0.721. The van der Waals surface area contributed by atoms with Gasteiger partial charge in [-0.05, 0) is 25.3 Å². The number of nitrogens with one attached hydrogen (secondary N) is 1. The Bertz CT molecular complexity index is 468. The lowest BCUT2D eigenvalue weighted by atomic mass is 9.97. The Morgan fingerprint density at radius 1 is 1.30 bits per heavy atom. The van der Waals surface area contributed by atoms with Crippen LogP contribution in [-0.4, -0.2) is 31.1 Å². The van der Waals surface area contributed by atoms with Crippen LogP contribution in [-0.2, 0) is 0 Å². The molecule has 0 unspecified atom stereocenters. The van der Waals surface area contributed by atoms with Crippen molar-refractivity contribution in [1.29, 1.82) is 0 Å². The van der Waals surface area contributed by atoms with Crippen LogP contribution in [0.3, 0.4) is 0 Å². The summed E-state index contributed by atoms with van der Waals surface area (Å²) >= 11 is 0. The molecule has 0 aromatic heterocycles. The molecule has 2 rings (SSSR count). The monoisotopic (exact) mass is 280 g/mol. The predicted molar refractivity (Wildman–Crippen MR) is 77.7 cm³/mol. The Balaban J connectivity index is 2.29. The van der Waals surface area contributed by atoms with Crippen LogP contribution in [0.5, 0.6) is 0 Å². The number of piperazine rings is 1. The third-order valence-corrected chi connectivity index (χ3v) is 3.90. The van der Waals surface area contributed by atoms with Crippen molar-refractivity contribution in [3.05, 3.63) is 47.5 Å². The number of nitrogens with zero attached hydrogens (tertiary/aromatic N) is 1. The maximum Gasteiger partial charge on any atom is 0.163 e. The summed E-state index contributed by atoms with van der Waals surface area (Å²) in [6.07, 6.45) is 3.39. The van der Waals surface area contributed by atoms with Crippen LogP contribution in [0.15, 0.2) is 24.8 Å². The number of allylic oxidation sites excluding steroid dienone is 1. The summed E-state index contributed by atoms with van der Waals surface area (Å²) in [5, 5.41) is 3.28. The summed E-state index contributed by atoms with van der Waals surface area (Å²) in [5.41, 5.74) is 0.825. The van der Waals surface area contributed by atoms with Crippen LogP contribution in [0.1, 0.15) is 30.0 Å². The zero-order valence-corrected chi connectivity index (χ0v) is 12.0. The van der Waals surface area contributed by atoms with E-state index in [0.717, 1.165) is 39.0 Å². The minimum Gasteiger partial charge on any atom is -0.314 e. The van der Waals surface area contributed by atoms with E-state index in [1.165, 1.54) is 0 Å². The Labute approximate surface area is 119 Å². The SMILES string of the molecule is C=CCC[C@@H](c1ccc(C)c(F)c1F)N1CCNCC1. The van der Waals surface area contributed by atoms with Crippen molar-refractivity contribution in [1.82, 2.24) is 10.2 Å². The van der Waals surface area contributed by atoms with Gasteiger partial charge in [0.25, 0.3) is 0 Å². The molecule has 1 aliphatic rings. The molecule has 0 radical (unpaired) electrons. The molecule has 0 bridgehead atoms. The zero-order chi connectivity index (χ0) is 14.5. The molecule has 1 aromatic carbocycles. The number of hydrogen-bond donors (Lipinski definition) is 1. The Morgan fingerprint density at radius 2 is 2.00 bits per heavy atom. The molecular formula is C16H22F2N2. The van der Waals surface area contributed by atoms with Gasteiger partial charge in [0.15, 0.2) is 11.6 Å². The molecule has 2 nitrogen and oxygen atoms in total. The van der Waals surface area contributed by atoms with Gasteiger partial charge in [0.05, 0.1) is 0 Å². The molecule has 0 aliphatic carbocycles. The topological polar surface area (TPSA) is 15.3 Å². The Kier molecular flexibility index (Phi) is 5.26. The van der Waals surface area contributed by atoms with Gasteiger partial charge in [-0.3, -0.25) is 4.90 Å². The summed E-state index contributed by atoms with van der Waals surface area (Å²) in [4.78, 5) is 2.23. The fraction of sp³-hybridized carbons (Fsp3) is 0.500. The maximum absolute atomic E-state index is 14.3. The van der Waals surface area contributed by atoms with E-state index in [9.17, 15) is 8.78 Å². The van der Waals surface area contributed by atoms with Crippen LogP contribution in [0.25, 0.3) is 0 Å². The number of aryl methyl sites for hydroxylation is 1. The van der Waals surface area contributed by atoms with Gasteiger partial charge in [-0.2, -0.15) is 0 Å². The Hall–Kier alpha value is -1.26. The molecule has 4 heteroatoms. The third-order valence-electron chi connectivity index (χ3n) is 3.90. The normalized spacial score (nSPS) is 17.9. The fourth-order valence-corrected chi connectivity index (χ4v) is 2.72. The molecule has 1 saturated heterocycles. The quantitative estimate of drug-likeness (QED) is 0.833. The first-order valence-corrected chi connectivity index (χ1v) is 7.15. The second kappa shape index (κ2) is 6.95. The van der Waals surface area contributed by atoms with Crippen molar-refractivity contribution < 1.29 is 8.78 Å². The first-order chi connectivity index (χ1) is 9.65. The van der Waals surface area contributed by atoms with Crippen molar-refractivity contribution in [3.8, 4) is 0 Å². The summed E-state index contributed by atoms with van der Waals surface area (Å²) in [5.74, 6) is -1.42. The average Bonchev–Trinajstić information content (AvgIpc) is 2.48. The molecular weight excluding hydrogens is 258 g/mol. The van der Waals surface area contributed by atoms with E-state index < -0.39 is 11.6 Å². The summed E-state index contributed by atoms with van der Waals surface area (Å²) in [6.45, 7) is 8.81. The van der Waals surface area contributed by atoms with E-state index in [1.54, 1.807) is 19.1 Å². The van der Waals surface area contributed by atoms with E-state index >= 15 is 0 Å². The van der Waals surface area contributed by atoms with E-state index in [-0.39, 0.29) is 6.04 Å². The van der Waals surface area contributed by atoms with Crippen LogP contribution < -0.4 is 5.32 Å². The average molecular weight is 280 g/mol. The molecule has 1 aliphatic heterocycles. The van der Waals surface area contributed by atoms with Gasteiger partial charge in [-0.25, -0.2) is 8.78 Å². The van der Waals surface area contributed by atoms with Gasteiger partial charge in [0.1, 0.15) is 0 Å². The molecule has 0 spiro atoms. The molecule has 110 valence electrons. The summed E-state index contributed by atoms with van der Waals surface area (Å²) in [6, 6.07) is 3.31. The number of halogens is 2. The van der Waals surface area contributed by atoms with Gasteiger partial charge in [0.2, 0.25) is 0 Å². The van der Waals surface area contributed by atoms with E-state index in [1.807, 2.05) is 6.08 Å². The molecule has 1 N–H and O–H groups in total. The first kappa shape index (κ1) is 15.1. The third kappa shape index (κ3) is 3.25. The summed E-state index contributed by atoms with van der Waals surface area (Å²) < 4.78 is 28.1. The van der Waals surface area contributed by atoms with E-state index in [2.05, 4.69) is 16.8 Å². The highest BCUT2D eigenvalue weighted by Gasteiger charge is 2.25. The second-order valence-electron chi connectivity index (χ2n) is 5.27. The highest BCUT2D eigenvalue weighted by atomic mass is 19.2. The maximum atomic E-state index is 14.3. The summed E-state index contributed by atoms with van der Waals surface area (Å²) in [7, 11) is 0. The highest BCUT2D eigenvalue weighted by Crippen LogP contribution is 2.30. The number of hydrogen-bond acceptors (Lipinski definition) is 2. The largest absolute Gasteiger partial charge is 0.314 e. The van der Waals surface area contributed by atoms with Crippen molar-refractivity contribution >= 4 is 0 Å². The van der Waals surface area contributed by atoms with Crippen LogP contribution in [0.2, 0.25) is 0 Å². The van der Waals surface area contributed by atoms with Crippen LogP contribution >= 0.6 is 0 Å². The lowest BCUT2D eigenvalue weighted by Gasteiger charge is -2.35. The van der Waals surface area contributed by atoms with E-state index in [4.69, 9.17) is 0 Å². The van der Waals surface area contributed by atoms with Gasteiger partial charge >= 0.3 is 0 Å². The standard InChI is InChI=1S/C16H22F2N2/c1-3-4-5-14(20-10-8-19-9-11-20)13-7-6-12(2)15(17)16(13)18/h3,6-7,14,19H,1,4-5,8-11H2,2H3/t14-/m0/s1. The van der Waals surface area contributed by atoms with Crippen molar-refractivity contribution in [3.63, 3.8) is 0 Å². The smallest absolute Gasteiger partial charge is 0.163 e. The van der Waals surface area contributed by atoms with Crippen molar-refractivity contribution in [2.75, 3.05) is 26.2 Å². The molecule has 1 heterocycles. The Morgan fingerprint density at radius 3 is 2.65 bits per heavy atom. The van der Waals surface area contributed by atoms with Gasteiger partial charge < -0.3 is 5.32 Å². The molecule has 0 amide bonds. The number of rotatable bonds is 5. The van der Waals surface area contributed by atoms with Gasteiger partial charge in [0, 0.05) is 37.8 Å². The second-order valence-corrected chi connectivity index (χ2v) is 5.27. The molecule has 1 aromatic rings. The van der Waals surface area contributed by atoms with Gasteiger partial charge in [-0.15, -0.1) is 6.58 Å². The lowest BCUT2D eigenvalue weighted by molar-refractivity contribution is 0.162. The zero-order valence-electron chi connectivity index (χ0n) is 12.0. The molecule has 1 atom stereocenters. The van der Waals surface area contributed by atoms with Crippen molar-refractivity contribution in [2.24, 2.45) is 0 Å². The number of benzene rings is 1. The molecule has 20 heavy (non-hydrogen) atoms. The predicted octanol–water partition coefficient (Wildman–Crippen LogP) is 3.19. The van der Waals surface area contributed by atoms with Crippen molar-refractivity contribution in [2.45, 2.75) is 25.8 Å². The highest BCUT2D eigenvalue weighted by molar-refractivity contribution is 5.28. The van der Waals surface area contributed by atoms with Crippen LogP contribution in [0.4, 0.5) is 8.78 Å². The van der Waals surface area contributed by atoms with Crippen LogP contribution in [0, 0.1) is 18.6 Å². The van der Waals surface area contributed by atoms with Gasteiger partial charge in [-0.1, -0.05) is 18.2 Å². The first-order valence-electron chi connectivity index (χ1n) is 7.15. The fourth-order valence-electron chi connectivity index (χ4n) is 2.72. The lowest BCUT2D eigenvalue weighted by Crippen LogP contribution is -2.45. The van der Waals surface area contributed by atoms with E-state index in [0.29, 0.717) is 11.1 Å². The molecule has 0 saturated carbocycles.